The van der Waals surface area contributed by atoms with Gasteiger partial charge < -0.3 is 0 Å². The Bertz CT molecular complexity index is 28.7. The topological polar surface area (TPSA) is 0 Å². The molecule has 0 aliphatic heterocycles. The fourth-order valence-electron chi connectivity index (χ4n) is 0. The van der Waals surface area contributed by atoms with Crippen LogP contribution >= 0.6 is 0 Å². The molecule has 0 fully saturated rings. The van der Waals surface area contributed by atoms with Crippen molar-refractivity contribution in [3.8, 4) is 0 Å². The Balaban J connectivity index is -0.0000000156. The first kappa shape index (κ1) is 37.7. The van der Waals surface area contributed by atoms with Gasteiger partial charge in [-0.1, -0.05) is 27.7 Å². The third kappa shape index (κ3) is 3080. The van der Waals surface area contributed by atoms with Crippen molar-refractivity contribution in [2.24, 2.45) is 5.41 Å². The first-order valence-electron chi connectivity index (χ1n) is 2.57. The Morgan fingerprint density at radius 2 is 0.500 bits per heavy atom. The van der Waals surface area contributed by atoms with Crippen LogP contribution in [0, 0.1) is 5.41 Å². The molecule has 0 aromatic rings. The molecule has 96 valence electrons. The van der Waals surface area contributed by atoms with E-state index < -0.39 is 0 Å². The summed E-state index contributed by atoms with van der Waals surface area (Å²) in [5.41, 5.74) is 0.500. The van der Waals surface area contributed by atoms with Crippen molar-refractivity contribution in [3.63, 3.8) is 0 Å². The van der Waals surface area contributed by atoms with Gasteiger partial charge in [0.05, 0.1) is 0 Å². The summed E-state index contributed by atoms with van der Waals surface area (Å²) in [5, 5.41) is 0. The van der Waals surface area contributed by atoms with Crippen LogP contribution in [0.15, 0.2) is 0 Å². The van der Waals surface area contributed by atoms with Gasteiger partial charge in [0.2, 0.25) is 0 Å². The zero-order valence-electron chi connectivity index (χ0n) is 7.93. The monoisotopic (exact) mass is 244 g/mol. The molecule has 0 spiro atoms. The van der Waals surface area contributed by atoms with Crippen LogP contribution in [0.2, 0.25) is 0 Å². The molecule has 0 nitrogen and oxygen atoms in total. The van der Waals surface area contributed by atoms with Crippen molar-refractivity contribution >= 4 is 0 Å². The lowest BCUT2D eigenvalue weighted by Gasteiger charge is -2.05. The molecule has 0 aliphatic carbocycles. The average Bonchev–Trinajstić information content (AvgIpc) is 2.14. The van der Waals surface area contributed by atoms with Crippen molar-refractivity contribution in [3.05, 3.63) is 0 Å². The quantitative estimate of drug-likeness (QED) is 0.489. The molecule has 0 saturated heterocycles. The van der Waals surface area contributed by atoms with Crippen LogP contribution in [0.5, 0.6) is 0 Å². The second-order valence-corrected chi connectivity index (χ2v) is 3.00. The molecule has 0 atom stereocenters. The minimum Gasteiger partial charge on any atom is -0.269 e. The fraction of sp³-hybridized carbons (Fsp3) is 1.00. The summed E-state index contributed by atoms with van der Waals surface area (Å²) in [4.78, 5) is 0. The fourth-order valence-corrected chi connectivity index (χ4v) is 0. The highest BCUT2D eigenvalue weighted by Crippen LogP contribution is 2.07. The first-order valence-corrected chi connectivity index (χ1v) is 2.57. The highest BCUT2D eigenvalue weighted by Gasteiger charge is 1.95. The van der Waals surface area contributed by atoms with Crippen LogP contribution in [-0.2, 0) is 0 Å². The van der Waals surface area contributed by atoms with Gasteiger partial charge in [-0.2, -0.15) is 0 Å². The van der Waals surface area contributed by atoms with Gasteiger partial charge in [-0.15, -0.1) is 0 Å². The van der Waals surface area contributed by atoms with E-state index in [9.17, 15) is 0 Å². The molecule has 0 bridgehead atoms. The molecule has 0 saturated carbocycles. The minimum absolute atomic E-state index is 0. The third-order valence-corrected chi connectivity index (χ3v) is 0. The molecule has 0 unspecified atom stereocenters. The average molecular weight is 244 g/mol. The number of hydrogen-bond acceptors (Lipinski definition) is 0. The Kier molecular flexibility index (Phi) is 149. The lowest BCUT2D eigenvalue weighted by molar-refractivity contribution is 0.108. The summed E-state index contributed by atoms with van der Waals surface area (Å²) in [7, 11) is 0. The van der Waals surface area contributed by atoms with E-state index in [2.05, 4.69) is 27.7 Å². The number of halogens is 9. The lowest BCUT2D eigenvalue weighted by atomic mass is 10.0. The summed E-state index contributed by atoms with van der Waals surface area (Å²) < 4.78 is 64.0. The van der Waals surface area contributed by atoms with Gasteiger partial charge in [0.15, 0.2) is 0 Å². The van der Waals surface area contributed by atoms with Gasteiger partial charge in [0.1, 0.15) is 0 Å². The maximum Gasteiger partial charge on any atom is 0 e. The van der Waals surface area contributed by atoms with Gasteiger partial charge in [-0.25, -0.2) is 0 Å². The summed E-state index contributed by atoms with van der Waals surface area (Å²) in [6.07, 6.45) is 0. The van der Waals surface area contributed by atoms with E-state index in [0.717, 1.165) is 0 Å². The van der Waals surface area contributed by atoms with Crippen LogP contribution in [0.25, 0.3) is 0 Å². The van der Waals surface area contributed by atoms with E-state index >= 15 is 0 Å². The van der Waals surface area contributed by atoms with Gasteiger partial charge in [-0.3, -0.25) is 4.70 Å². The number of rotatable bonds is 0. The van der Waals surface area contributed by atoms with Crippen molar-refractivity contribution in [1.82, 2.24) is 0 Å². The molecule has 0 aliphatic rings. The summed E-state index contributed by atoms with van der Waals surface area (Å²) >= 11 is 0. The van der Waals surface area contributed by atoms with Crippen molar-refractivity contribution < 1.29 is 41.3 Å². The predicted octanol–water partition coefficient (Wildman–Crippen LogP) is 5.57. The molecule has 0 heterocycles. The second-order valence-electron chi connectivity index (χ2n) is 3.00. The van der Waals surface area contributed by atoms with Crippen LogP contribution < -0.4 is 0 Å². The molecule has 9 heteroatoms. The largest absolute Gasteiger partial charge is 0.269 e. The van der Waals surface area contributed by atoms with Crippen molar-refractivity contribution in [2.75, 3.05) is 0 Å². The van der Waals surface area contributed by atoms with Crippen LogP contribution in [-0.4, -0.2) is 0 Å². The Hall–Kier alpha value is -0.630. The molecule has 0 aromatic heterocycles. The second kappa shape index (κ2) is 55.5. The third-order valence-electron chi connectivity index (χ3n) is 0. The summed E-state index contributed by atoms with van der Waals surface area (Å²) in [5.74, 6) is 0. The Labute approximate surface area is 75.7 Å². The first-order chi connectivity index (χ1) is 6.00. The maximum atomic E-state index is 8.00. The Morgan fingerprint density at radius 3 is 0.500 bits per heavy atom. The summed E-state index contributed by atoms with van der Waals surface area (Å²) in [6, 6.07) is 0. The van der Waals surface area contributed by atoms with Crippen molar-refractivity contribution in [1.29, 1.82) is 0 Å². The van der Waals surface area contributed by atoms with E-state index in [1.54, 1.807) is 0 Å². The zero-order chi connectivity index (χ0) is 12.5. The van der Waals surface area contributed by atoms with Gasteiger partial charge >= 0.3 is 0 Å². The van der Waals surface area contributed by atoms with E-state index in [4.69, 9.17) is 36.6 Å². The van der Waals surface area contributed by atoms with Crippen LogP contribution in [0.4, 0.5) is 41.3 Å². The van der Waals surface area contributed by atoms with E-state index in [0.29, 0.717) is 5.41 Å². The van der Waals surface area contributed by atoms with Crippen LogP contribution in [0.1, 0.15) is 27.7 Å². The normalized spacial score (nSPS) is 6.00. The molecule has 0 N–H and O–H groups in total. The molecule has 0 rings (SSSR count). The lowest BCUT2D eigenvalue weighted by Crippen LogP contribution is -1.93. The minimum atomic E-state index is 0. The van der Waals surface area contributed by atoms with Gasteiger partial charge in [-0.05, 0) is 5.41 Å². The zero-order valence-corrected chi connectivity index (χ0v) is 7.93. The van der Waals surface area contributed by atoms with E-state index in [1.807, 2.05) is 0 Å². The van der Waals surface area contributed by atoms with Gasteiger partial charge in [0, 0.05) is 36.6 Å². The number of hydrogen-bond donors (Lipinski definition) is 0. The smallest absolute Gasteiger partial charge is 0 e. The highest BCUT2D eigenvalue weighted by molar-refractivity contribution is 4.47. The molecule has 0 aromatic carbocycles. The molecular formula is C5H13F9. The Morgan fingerprint density at radius 1 is 0.500 bits per heavy atom. The molecular weight excluding hydrogens is 231 g/mol. The van der Waals surface area contributed by atoms with Crippen LogP contribution in [0.3, 0.4) is 0 Å². The summed E-state index contributed by atoms with van der Waals surface area (Å²) in [6.45, 7) is 8.75. The predicted molar refractivity (Wildman–Crippen MR) is 36.5 cm³/mol. The highest BCUT2D eigenvalue weighted by atomic mass is 20.0. The standard InChI is InChI=1S/C5H12.4F2.FH/c1-5(2,3)4;4*1-2;/h1-4H3;;;;;1H. The van der Waals surface area contributed by atoms with Gasteiger partial charge in [0.25, 0.3) is 0 Å². The molecule has 0 radical (unpaired) electrons. The van der Waals surface area contributed by atoms with Crippen molar-refractivity contribution in [2.45, 2.75) is 27.7 Å². The molecule has 0 amide bonds. The SMILES string of the molecule is CC(C)(C)C.F.FF.FF.FF.FF. The van der Waals surface area contributed by atoms with E-state index in [1.165, 1.54) is 0 Å². The molecule has 14 heavy (non-hydrogen) atoms. The maximum absolute atomic E-state index is 8.00. The van der Waals surface area contributed by atoms with E-state index in [-0.39, 0.29) is 4.70 Å².